The van der Waals surface area contributed by atoms with Crippen LogP contribution in [0.5, 0.6) is 0 Å². The number of fused-ring (bicyclic) bond motifs is 3. The van der Waals surface area contributed by atoms with Crippen LogP contribution in [0.25, 0.3) is 16.6 Å². The average Bonchev–Trinajstić information content (AvgIpc) is 2.94. The Balaban J connectivity index is 1.71. The monoisotopic (exact) mass is 298 g/mol. The number of hydrogen-bond donors (Lipinski definition) is 1. The third-order valence-electron chi connectivity index (χ3n) is 3.81. The summed E-state index contributed by atoms with van der Waals surface area (Å²) >= 11 is 0. The molecule has 0 saturated carbocycles. The molecule has 0 bridgehead atoms. The zero-order chi connectivity index (χ0) is 14.9. The van der Waals surface area contributed by atoms with Gasteiger partial charge in [0, 0.05) is 18.0 Å². The SMILES string of the molecule is Cc1cc2nc(NC[C@H]3COCCO3)c3ccccc3n2n1. The topological polar surface area (TPSA) is 60.7 Å². The zero-order valence-corrected chi connectivity index (χ0v) is 12.5. The molecule has 6 heteroatoms. The van der Waals surface area contributed by atoms with Gasteiger partial charge < -0.3 is 14.8 Å². The molecular weight excluding hydrogens is 280 g/mol. The molecule has 1 aromatic carbocycles. The number of aryl methyl sites for hydroxylation is 1. The van der Waals surface area contributed by atoms with E-state index in [4.69, 9.17) is 14.5 Å². The van der Waals surface area contributed by atoms with E-state index in [1.807, 2.05) is 29.6 Å². The molecule has 6 nitrogen and oxygen atoms in total. The van der Waals surface area contributed by atoms with Crippen molar-refractivity contribution in [1.82, 2.24) is 14.6 Å². The van der Waals surface area contributed by atoms with Crippen LogP contribution in [-0.2, 0) is 9.47 Å². The van der Waals surface area contributed by atoms with Crippen LogP contribution in [0.3, 0.4) is 0 Å². The first-order valence-electron chi connectivity index (χ1n) is 7.49. The maximum absolute atomic E-state index is 5.67. The van der Waals surface area contributed by atoms with E-state index in [9.17, 15) is 0 Å². The van der Waals surface area contributed by atoms with Gasteiger partial charge in [-0.2, -0.15) is 5.10 Å². The number of nitrogens with zero attached hydrogens (tertiary/aromatic N) is 3. The number of rotatable bonds is 3. The Labute approximate surface area is 128 Å². The molecule has 1 N–H and O–H groups in total. The van der Waals surface area contributed by atoms with E-state index in [1.165, 1.54) is 0 Å². The number of anilines is 1. The predicted octanol–water partition coefficient (Wildman–Crippen LogP) is 2.02. The summed E-state index contributed by atoms with van der Waals surface area (Å²) in [6.45, 7) is 4.61. The van der Waals surface area contributed by atoms with E-state index in [-0.39, 0.29) is 6.10 Å². The Morgan fingerprint density at radius 1 is 1.32 bits per heavy atom. The molecule has 1 aliphatic heterocycles. The zero-order valence-electron chi connectivity index (χ0n) is 12.5. The van der Waals surface area contributed by atoms with Gasteiger partial charge in [0.25, 0.3) is 0 Å². The lowest BCUT2D eigenvalue weighted by molar-refractivity contribution is -0.0819. The normalized spacial score (nSPS) is 18.9. The van der Waals surface area contributed by atoms with Crippen molar-refractivity contribution in [2.75, 3.05) is 31.7 Å². The molecule has 4 rings (SSSR count). The van der Waals surface area contributed by atoms with Gasteiger partial charge in [-0.25, -0.2) is 9.50 Å². The molecule has 1 aliphatic rings. The lowest BCUT2D eigenvalue weighted by atomic mass is 10.2. The third kappa shape index (κ3) is 2.40. The van der Waals surface area contributed by atoms with Crippen molar-refractivity contribution in [3.8, 4) is 0 Å². The molecule has 1 fully saturated rings. The first kappa shape index (κ1) is 13.5. The van der Waals surface area contributed by atoms with E-state index in [0.29, 0.717) is 26.4 Å². The summed E-state index contributed by atoms with van der Waals surface area (Å²) in [5.41, 5.74) is 2.85. The highest BCUT2D eigenvalue weighted by Gasteiger charge is 2.15. The summed E-state index contributed by atoms with van der Waals surface area (Å²) < 4.78 is 13.0. The van der Waals surface area contributed by atoms with Gasteiger partial charge >= 0.3 is 0 Å². The van der Waals surface area contributed by atoms with Crippen molar-refractivity contribution in [3.05, 3.63) is 36.0 Å². The highest BCUT2D eigenvalue weighted by molar-refractivity contribution is 5.91. The van der Waals surface area contributed by atoms with Crippen molar-refractivity contribution in [3.63, 3.8) is 0 Å². The summed E-state index contributed by atoms with van der Waals surface area (Å²) in [5, 5.41) is 8.97. The Morgan fingerprint density at radius 3 is 3.09 bits per heavy atom. The molecule has 0 aliphatic carbocycles. The highest BCUT2D eigenvalue weighted by atomic mass is 16.6. The molecule has 0 amide bonds. The second-order valence-electron chi connectivity index (χ2n) is 5.48. The van der Waals surface area contributed by atoms with Gasteiger partial charge in [-0.05, 0) is 19.1 Å². The maximum atomic E-state index is 5.67. The van der Waals surface area contributed by atoms with Gasteiger partial charge in [-0.3, -0.25) is 0 Å². The second-order valence-corrected chi connectivity index (χ2v) is 5.48. The van der Waals surface area contributed by atoms with Crippen molar-refractivity contribution in [2.24, 2.45) is 0 Å². The number of benzene rings is 1. The molecule has 0 radical (unpaired) electrons. The molecule has 1 atom stereocenters. The smallest absolute Gasteiger partial charge is 0.158 e. The van der Waals surface area contributed by atoms with Crippen molar-refractivity contribution in [1.29, 1.82) is 0 Å². The van der Waals surface area contributed by atoms with Crippen LogP contribution in [0.2, 0.25) is 0 Å². The summed E-state index contributed by atoms with van der Waals surface area (Å²) in [7, 11) is 0. The average molecular weight is 298 g/mol. The quantitative estimate of drug-likeness (QED) is 0.801. The van der Waals surface area contributed by atoms with Gasteiger partial charge in [-0.1, -0.05) is 12.1 Å². The fraction of sp³-hybridized carbons (Fsp3) is 0.375. The van der Waals surface area contributed by atoms with Crippen molar-refractivity contribution < 1.29 is 9.47 Å². The molecule has 22 heavy (non-hydrogen) atoms. The Hall–Kier alpha value is -2.18. The van der Waals surface area contributed by atoms with Gasteiger partial charge in [0.2, 0.25) is 0 Å². The molecule has 3 heterocycles. The van der Waals surface area contributed by atoms with Crippen LogP contribution in [0.4, 0.5) is 5.82 Å². The minimum atomic E-state index is 0.0668. The number of aromatic nitrogens is 3. The molecular formula is C16H18N4O2. The fourth-order valence-corrected chi connectivity index (χ4v) is 2.78. The summed E-state index contributed by atoms with van der Waals surface area (Å²) in [5.74, 6) is 0.858. The highest BCUT2D eigenvalue weighted by Crippen LogP contribution is 2.23. The number of para-hydroxylation sites is 1. The van der Waals surface area contributed by atoms with Gasteiger partial charge in [0.1, 0.15) is 5.82 Å². The van der Waals surface area contributed by atoms with Crippen molar-refractivity contribution >= 4 is 22.4 Å². The van der Waals surface area contributed by atoms with Gasteiger partial charge in [-0.15, -0.1) is 0 Å². The fourth-order valence-electron chi connectivity index (χ4n) is 2.78. The third-order valence-corrected chi connectivity index (χ3v) is 3.81. The largest absolute Gasteiger partial charge is 0.376 e. The van der Waals surface area contributed by atoms with Crippen LogP contribution in [0.1, 0.15) is 5.69 Å². The van der Waals surface area contributed by atoms with Gasteiger partial charge in [0.05, 0.1) is 37.1 Å². The molecule has 3 aromatic rings. The van der Waals surface area contributed by atoms with E-state index in [0.717, 1.165) is 28.1 Å². The summed E-state index contributed by atoms with van der Waals surface area (Å²) in [4.78, 5) is 4.70. The standard InChI is InChI=1S/C16H18N4O2/c1-11-8-15-18-16(17-9-12-10-21-6-7-22-12)13-4-2-3-5-14(13)20(15)19-11/h2-5,8,12H,6-7,9-10H2,1H3,(H,17,18)/t12-/m0/s1. The molecule has 114 valence electrons. The summed E-state index contributed by atoms with van der Waals surface area (Å²) in [6.07, 6.45) is 0.0668. The summed E-state index contributed by atoms with van der Waals surface area (Å²) in [6, 6.07) is 10.1. The van der Waals surface area contributed by atoms with E-state index < -0.39 is 0 Å². The lowest BCUT2D eigenvalue weighted by Crippen LogP contribution is -2.34. The Bertz CT molecular complexity index is 808. The number of hydrogen-bond acceptors (Lipinski definition) is 5. The number of nitrogens with one attached hydrogen (secondary N) is 1. The van der Waals surface area contributed by atoms with Crippen LogP contribution in [0, 0.1) is 6.92 Å². The van der Waals surface area contributed by atoms with E-state index in [2.05, 4.69) is 22.5 Å². The Morgan fingerprint density at radius 2 is 2.23 bits per heavy atom. The predicted molar refractivity (Wildman–Crippen MR) is 84.3 cm³/mol. The van der Waals surface area contributed by atoms with Crippen LogP contribution < -0.4 is 5.32 Å². The van der Waals surface area contributed by atoms with Crippen molar-refractivity contribution in [2.45, 2.75) is 13.0 Å². The first-order valence-corrected chi connectivity index (χ1v) is 7.49. The van der Waals surface area contributed by atoms with Crippen LogP contribution in [-0.4, -0.2) is 47.1 Å². The van der Waals surface area contributed by atoms with Crippen LogP contribution in [0.15, 0.2) is 30.3 Å². The molecule has 1 saturated heterocycles. The number of ether oxygens (including phenoxy) is 2. The van der Waals surface area contributed by atoms with Crippen LogP contribution >= 0.6 is 0 Å². The minimum absolute atomic E-state index is 0.0668. The van der Waals surface area contributed by atoms with E-state index in [1.54, 1.807) is 0 Å². The van der Waals surface area contributed by atoms with E-state index >= 15 is 0 Å². The molecule has 0 unspecified atom stereocenters. The second kappa shape index (κ2) is 5.55. The Kier molecular flexibility index (Phi) is 3.40. The minimum Gasteiger partial charge on any atom is -0.376 e. The first-order chi connectivity index (χ1) is 10.8. The lowest BCUT2D eigenvalue weighted by Gasteiger charge is -2.23. The molecule has 2 aromatic heterocycles. The van der Waals surface area contributed by atoms with Gasteiger partial charge in [0.15, 0.2) is 5.65 Å². The molecule has 0 spiro atoms. The maximum Gasteiger partial charge on any atom is 0.158 e.